The molecule has 1 saturated heterocycles. The molecular formula is C21H26N4O4. The maximum absolute atomic E-state index is 12.7. The topological polar surface area (TPSA) is 87.9 Å². The number of aromatic nitrogens is 1. The monoisotopic (exact) mass is 398 g/mol. The van der Waals surface area contributed by atoms with Crippen LogP contribution in [0.3, 0.4) is 0 Å². The first-order valence-electron chi connectivity index (χ1n) is 10.0. The number of aryl methyl sites for hydroxylation is 1. The van der Waals surface area contributed by atoms with E-state index in [0.29, 0.717) is 49.2 Å². The van der Waals surface area contributed by atoms with E-state index in [1.54, 1.807) is 13.0 Å². The first-order valence-corrected chi connectivity index (χ1v) is 10.0. The Kier molecular flexibility index (Phi) is 5.80. The zero-order valence-corrected chi connectivity index (χ0v) is 16.6. The van der Waals surface area contributed by atoms with Crippen LogP contribution in [-0.2, 0) is 4.79 Å². The third-order valence-corrected chi connectivity index (χ3v) is 5.21. The van der Waals surface area contributed by atoms with Crippen LogP contribution in [0.4, 0.5) is 5.82 Å². The molecule has 2 aliphatic rings. The zero-order valence-electron chi connectivity index (χ0n) is 16.6. The van der Waals surface area contributed by atoms with Gasteiger partial charge in [-0.25, -0.2) is 0 Å². The number of ether oxygens (including phenoxy) is 1. The van der Waals surface area contributed by atoms with Crippen molar-refractivity contribution in [2.24, 2.45) is 5.92 Å². The molecule has 4 rings (SSSR count). The average Bonchev–Trinajstić information content (AvgIpc) is 3.47. The maximum atomic E-state index is 12.7. The summed E-state index contributed by atoms with van der Waals surface area (Å²) in [6.07, 6.45) is 2.51. The lowest BCUT2D eigenvalue weighted by molar-refractivity contribution is -0.117. The number of nitrogens with one attached hydrogen (secondary N) is 1. The Hall–Kier alpha value is -2.87. The van der Waals surface area contributed by atoms with Gasteiger partial charge in [0, 0.05) is 37.8 Å². The third-order valence-electron chi connectivity index (χ3n) is 5.21. The predicted molar refractivity (Wildman–Crippen MR) is 107 cm³/mol. The lowest BCUT2D eigenvalue weighted by atomic mass is 10.1. The highest BCUT2D eigenvalue weighted by molar-refractivity contribution is 5.94. The highest BCUT2D eigenvalue weighted by Crippen LogP contribution is 2.29. The molecule has 2 heterocycles. The first-order chi connectivity index (χ1) is 14.1. The van der Waals surface area contributed by atoms with Crippen molar-refractivity contribution in [2.45, 2.75) is 19.8 Å². The number of benzene rings is 1. The van der Waals surface area contributed by atoms with Crippen LogP contribution in [0.25, 0.3) is 0 Å². The Morgan fingerprint density at radius 2 is 1.90 bits per heavy atom. The summed E-state index contributed by atoms with van der Waals surface area (Å²) in [5.41, 5.74) is 0.663. The minimum absolute atomic E-state index is 0.0147. The van der Waals surface area contributed by atoms with Crippen molar-refractivity contribution < 1.29 is 18.8 Å². The number of hydrogen-bond acceptors (Lipinski definition) is 6. The molecule has 1 saturated carbocycles. The van der Waals surface area contributed by atoms with Gasteiger partial charge in [-0.1, -0.05) is 5.16 Å². The summed E-state index contributed by atoms with van der Waals surface area (Å²) < 4.78 is 10.7. The first kappa shape index (κ1) is 19.4. The smallest absolute Gasteiger partial charge is 0.253 e. The second-order valence-electron chi connectivity index (χ2n) is 7.72. The molecule has 0 spiro atoms. The van der Waals surface area contributed by atoms with Crippen LogP contribution < -0.4 is 10.1 Å². The molecule has 8 nitrogen and oxygen atoms in total. The second kappa shape index (κ2) is 8.65. The van der Waals surface area contributed by atoms with Gasteiger partial charge in [0.1, 0.15) is 11.5 Å². The van der Waals surface area contributed by atoms with Crippen molar-refractivity contribution in [3.05, 3.63) is 41.7 Å². The van der Waals surface area contributed by atoms with Gasteiger partial charge >= 0.3 is 0 Å². The Morgan fingerprint density at radius 3 is 2.52 bits per heavy atom. The molecule has 2 aromatic rings. The van der Waals surface area contributed by atoms with Gasteiger partial charge in [-0.3, -0.25) is 14.5 Å². The molecule has 0 unspecified atom stereocenters. The van der Waals surface area contributed by atoms with E-state index in [2.05, 4.69) is 10.5 Å². The third kappa shape index (κ3) is 5.35. The number of anilines is 1. The minimum atomic E-state index is -0.139. The number of carbonyl (C=O) groups excluding carboxylic acids is 2. The van der Waals surface area contributed by atoms with E-state index in [-0.39, 0.29) is 18.4 Å². The molecule has 29 heavy (non-hydrogen) atoms. The molecule has 8 heteroatoms. The van der Waals surface area contributed by atoms with Crippen LogP contribution in [0, 0.1) is 12.8 Å². The van der Waals surface area contributed by atoms with Crippen LogP contribution in [0.1, 0.15) is 29.0 Å². The molecular weight excluding hydrogens is 372 g/mol. The van der Waals surface area contributed by atoms with Crippen molar-refractivity contribution >= 4 is 17.6 Å². The summed E-state index contributed by atoms with van der Waals surface area (Å²) >= 11 is 0. The highest BCUT2D eigenvalue weighted by Gasteiger charge is 2.24. The van der Waals surface area contributed by atoms with E-state index >= 15 is 0 Å². The van der Waals surface area contributed by atoms with Gasteiger partial charge in [-0.15, -0.1) is 0 Å². The summed E-state index contributed by atoms with van der Waals surface area (Å²) in [6, 6.07) is 9.05. The number of rotatable bonds is 7. The van der Waals surface area contributed by atoms with Crippen LogP contribution in [0.2, 0.25) is 0 Å². The van der Waals surface area contributed by atoms with Crippen LogP contribution in [0.15, 0.2) is 34.9 Å². The largest absolute Gasteiger partial charge is 0.493 e. The molecule has 0 radical (unpaired) electrons. The van der Waals surface area contributed by atoms with E-state index in [9.17, 15) is 9.59 Å². The summed E-state index contributed by atoms with van der Waals surface area (Å²) in [5.74, 6) is 2.46. The Morgan fingerprint density at radius 1 is 1.17 bits per heavy atom. The lowest BCUT2D eigenvalue weighted by Crippen LogP contribution is -2.50. The normalized spacial score (nSPS) is 17.2. The summed E-state index contributed by atoms with van der Waals surface area (Å²) in [4.78, 5) is 28.7. The van der Waals surface area contributed by atoms with E-state index in [1.807, 2.05) is 34.1 Å². The Bertz CT molecular complexity index is 852. The van der Waals surface area contributed by atoms with Crippen molar-refractivity contribution in [3.8, 4) is 5.75 Å². The van der Waals surface area contributed by atoms with Gasteiger partial charge in [0.25, 0.3) is 5.91 Å². The van der Waals surface area contributed by atoms with Gasteiger partial charge < -0.3 is 19.5 Å². The van der Waals surface area contributed by atoms with Crippen LogP contribution in [0.5, 0.6) is 5.75 Å². The summed E-state index contributed by atoms with van der Waals surface area (Å²) in [7, 11) is 0. The van der Waals surface area contributed by atoms with E-state index < -0.39 is 0 Å². The SMILES string of the molecule is Cc1cc(NC(=O)CN2CCN(C(=O)c3ccc(OCC4CC4)cc3)CC2)no1. The number of hydrogen-bond donors (Lipinski definition) is 1. The van der Waals surface area contributed by atoms with Gasteiger partial charge in [-0.2, -0.15) is 0 Å². The molecule has 154 valence electrons. The average molecular weight is 398 g/mol. The fourth-order valence-corrected chi connectivity index (χ4v) is 3.29. The van der Waals surface area contributed by atoms with Gasteiger partial charge in [0.05, 0.1) is 13.2 Å². The minimum Gasteiger partial charge on any atom is -0.493 e. The zero-order chi connectivity index (χ0) is 20.2. The highest BCUT2D eigenvalue weighted by atomic mass is 16.5. The molecule has 1 aromatic carbocycles. The van der Waals surface area contributed by atoms with Gasteiger partial charge in [0.2, 0.25) is 5.91 Å². The standard InChI is InChI=1S/C21H26N4O4/c1-15-12-19(23-29-15)22-20(26)13-24-8-10-25(11-9-24)21(27)17-4-6-18(7-5-17)28-14-16-2-3-16/h4-7,12,16H,2-3,8-11,13-14H2,1H3,(H,22,23,26). The Balaban J connectivity index is 1.22. The number of amides is 2. The number of carbonyl (C=O) groups is 2. The summed E-state index contributed by atoms with van der Waals surface area (Å²) in [6.45, 7) is 5.29. The van der Waals surface area contributed by atoms with Crippen LogP contribution >= 0.6 is 0 Å². The van der Waals surface area contributed by atoms with Crippen molar-refractivity contribution in [2.75, 3.05) is 44.6 Å². The van der Waals surface area contributed by atoms with E-state index in [4.69, 9.17) is 9.26 Å². The molecule has 1 N–H and O–H groups in total. The van der Waals surface area contributed by atoms with E-state index in [0.717, 1.165) is 12.4 Å². The van der Waals surface area contributed by atoms with E-state index in [1.165, 1.54) is 12.8 Å². The maximum Gasteiger partial charge on any atom is 0.253 e. The van der Waals surface area contributed by atoms with Crippen molar-refractivity contribution in [1.29, 1.82) is 0 Å². The number of piperazine rings is 1. The molecule has 1 aliphatic carbocycles. The quantitative estimate of drug-likeness (QED) is 0.769. The molecule has 1 aliphatic heterocycles. The van der Waals surface area contributed by atoms with Crippen LogP contribution in [-0.4, -0.2) is 66.1 Å². The predicted octanol–water partition coefficient (Wildman–Crippen LogP) is 2.17. The van der Waals surface area contributed by atoms with Crippen molar-refractivity contribution in [3.63, 3.8) is 0 Å². The second-order valence-corrected chi connectivity index (χ2v) is 7.72. The molecule has 2 amide bonds. The molecule has 0 atom stereocenters. The van der Waals surface area contributed by atoms with Gasteiger partial charge in [0.15, 0.2) is 5.82 Å². The number of nitrogens with zero attached hydrogens (tertiary/aromatic N) is 3. The van der Waals surface area contributed by atoms with Crippen molar-refractivity contribution in [1.82, 2.24) is 15.0 Å². The summed E-state index contributed by atoms with van der Waals surface area (Å²) in [5, 5.41) is 6.48. The molecule has 2 fully saturated rings. The lowest BCUT2D eigenvalue weighted by Gasteiger charge is -2.34. The Labute approximate surface area is 169 Å². The molecule has 1 aromatic heterocycles. The fraction of sp³-hybridized carbons (Fsp3) is 0.476. The van der Waals surface area contributed by atoms with Gasteiger partial charge in [-0.05, 0) is 49.9 Å². The fourth-order valence-electron chi connectivity index (χ4n) is 3.29. The molecule has 0 bridgehead atoms.